The van der Waals surface area contributed by atoms with Crippen LogP contribution >= 0.6 is 23.1 Å². The zero-order valence-electron chi connectivity index (χ0n) is 10.7. The Bertz CT molecular complexity index is 472. The lowest BCUT2D eigenvalue weighted by Crippen LogP contribution is -2.38. The van der Waals surface area contributed by atoms with Crippen LogP contribution in [-0.2, 0) is 0 Å². The summed E-state index contributed by atoms with van der Waals surface area (Å²) in [5.41, 5.74) is 0. The normalized spacial score (nSPS) is 22.4. The predicted molar refractivity (Wildman–Crippen MR) is 78.3 cm³/mol. The van der Waals surface area contributed by atoms with Crippen LogP contribution in [0.25, 0.3) is 0 Å². The molecule has 19 heavy (non-hydrogen) atoms. The lowest BCUT2D eigenvalue weighted by Gasteiger charge is -2.19. The topological polar surface area (TPSA) is 66.4 Å². The molecule has 2 N–H and O–H groups in total. The van der Waals surface area contributed by atoms with Crippen LogP contribution in [0.15, 0.2) is 12.1 Å². The maximum absolute atomic E-state index is 12.1. The lowest BCUT2D eigenvalue weighted by atomic mass is 10.2. The van der Waals surface area contributed by atoms with E-state index in [4.69, 9.17) is 5.11 Å². The molecule has 1 saturated carbocycles. The van der Waals surface area contributed by atoms with E-state index in [2.05, 4.69) is 12.2 Å². The summed E-state index contributed by atoms with van der Waals surface area (Å²) in [5.74, 6) is -0.0745. The number of carboxylic acids is 1. The Balaban J connectivity index is 1.98. The summed E-state index contributed by atoms with van der Waals surface area (Å²) >= 11 is 2.92. The molecule has 104 valence electrons. The minimum absolute atomic E-state index is 0.147. The van der Waals surface area contributed by atoms with Gasteiger partial charge in [-0.1, -0.05) is 13.3 Å². The van der Waals surface area contributed by atoms with Crippen molar-refractivity contribution in [2.45, 2.75) is 37.5 Å². The van der Waals surface area contributed by atoms with E-state index < -0.39 is 5.97 Å². The molecule has 1 heterocycles. The minimum atomic E-state index is -0.982. The Hall–Kier alpha value is -1.01. The summed E-state index contributed by atoms with van der Waals surface area (Å²) in [6.07, 6.45) is 3.31. The molecule has 6 heteroatoms. The predicted octanol–water partition coefficient (Wildman–Crippen LogP) is 2.85. The molecule has 1 aromatic heterocycles. The zero-order chi connectivity index (χ0) is 13.8. The molecule has 0 bridgehead atoms. The average Bonchev–Trinajstić information content (AvgIpc) is 2.99. The molecule has 4 nitrogen and oxygen atoms in total. The number of hydrogen-bond acceptors (Lipinski definition) is 4. The van der Waals surface area contributed by atoms with E-state index in [1.54, 1.807) is 6.07 Å². The molecule has 1 aliphatic rings. The summed E-state index contributed by atoms with van der Waals surface area (Å²) < 4.78 is 0. The molecule has 2 atom stereocenters. The van der Waals surface area contributed by atoms with Crippen molar-refractivity contribution < 1.29 is 14.7 Å². The van der Waals surface area contributed by atoms with Gasteiger partial charge in [-0.15, -0.1) is 11.3 Å². The molecule has 1 aliphatic carbocycles. The van der Waals surface area contributed by atoms with E-state index in [9.17, 15) is 9.59 Å². The van der Waals surface area contributed by atoms with Crippen molar-refractivity contribution in [3.05, 3.63) is 21.9 Å². The van der Waals surface area contributed by atoms with Gasteiger partial charge in [0, 0.05) is 11.3 Å². The highest BCUT2D eigenvalue weighted by Crippen LogP contribution is 2.30. The van der Waals surface area contributed by atoms with Gasteiger partial charge in [0.1, 0.15) is 4.88 Å². The molecule has 1 amide bonds. The summed E-state index contributed by atoms with van der Waals surface area (Å²) in [6.45, 7) is 2.13. The van der Waals surface area contributed by atoms with E-state index in [1.165, 1.54) is 6.07 Å². The van der Waals surface area contributed by atoms with Crippen LogP contribution in [0.1, 0.15) is 45.5 Å². The lowest BCUT2D eigenvalue weighted by molar-refractivity contribution is 0.0702. The Kier molecular flexibility index (Phi) is 4.87. The maximum atomic E-state index is 12.1. The van der Waals surface area contributed by atoms with Gasteiger partial charge in [0.25, 0.3) is 5.91 Å². The summed E-state index contributed by atoms with van der Waals surface area (Å²) in [4.78, 5) is 23.6. The van der Waals surface area contributed by atoms with Gasteiger partial charge in [-0.05, 0) is 30.7 Å². The van der Waals surface area contributed by atoms with Crippen LogP contribution in [0.2, 0.25) is 0 Å². The van der Waals surface area contributed by atoms with Crippen LogP contribution in [-0.4, -0.2) is 34.0 Å². The Labute approximate surface area is 120 Å². The van der Waals surface area contributed by atoms with Crippen molar-refractivity contribution >= 4 is 35.0 Å². The number of nitrogens with one attached hydrogen (secondary N) is 1. The van der Waals surface area contributed by atoms with Gasteiger partial charge in [0.05, 0.1) is 4.88 Å². The number of thiophene rings is 1. The van der Waals surface area contributed by atoms with Crippen LogP contribution in [0.4, 0.5) is 0 Å². The monoisotopic (exact) mass is 299 g/mol. The first-order valence-corrected chi connectivity index (χ1v) is 8.24. The standard InChI is InChI=1S/C13H17NO3S2/c1-2-18-9-5-3-4-8(9)14-12(15)10-6-7-11(19-10)13(16)17/h6-9H,2-5H2,1H3,(H,14,15)(H,16,17). The van der Waals surface area contributed by atoms with Crippen LogP contribution in [0.5, 0.6) is 0 Å². The van der Waals surface area contributed by atoms with Crippen molar-refractivity contribution in [3.63, 3.8) is 0 Å². The van der Waals surface area contributed by atoms with Gasteiger partial charge in [-0.25, -0.2) is 4.79 Å². The molecule has 0 saturated heterocycles. The molecule has 0 spiro atoms. The number of carboxylic acid groups (broad SMARTS) is 1. The Morgan fingerprint density at radius 1 is 1.42 bits per heavy atom. The number of carbonyl (C=O) groups is 2. The quantitative estimate of drug-likeness (QED) is 0.877. The van der Waals surface area contributed by atoms with Crippen molar-refractivity contribution in [2.24, 2.45) is 0 Å². The van der Waals surface area contributed by atoms with E-state index in [1.807, 2.05) is 11.8 Å². The summed E-state index contributed by atoms with van der Waals surface area (Å²) in [5, 5.41) is 12.4. The number of hydrogen-bond donors (Lipinski definition) is 2. The first kappa shape index (κ1) is 14.4. The van der Waals surface area contributed by atoms with E-state index >= 15 is 0 Å². The first-order chi connectivity index (χ1) is 9.11. The van der Waals surface area contributed by atoms with Gasteiger partial charge in [0.2, 0.25) is 0 Å². The molecule has 0 radical (unpaired) electrons. The third-order valence-electron chi connectivity index (χ3n) is 3.19. The second-order valence-corrected chi connectivity index (χ2v) is 7.07. The fourth-order valence-electron chi connectivity index (χ4n) is 2.32. The molecule has 2 unspecified atom stereocenters. The van der Waals surface area contributed by atoms with Crippen LogP contribution in [0, 0.1) is 0 Å². The summed E-state index contributed by atoms with van der Waals surface area (Å²) in [7, 11) is 0. The second-order valence-electron chi connectivity index (χ2n) is 4.47. The summed E-state index contributed by atoms with van der Waals surface area (Å²) in [6, 6.07) is 3.28. The number of amides is 1. The van der Waals surface area contributed by atoms with Gasteiger partial charge in [-0.2, -0.15) is 11.8 Å². The number of rotatable bonds is 5. The third kappa shape index (κ3) is 3.51. The minimum Gasteiger partial charge on any atom is -0.477 e. The van der Waals surface area contributed by atoms with Crippen molar-refractivity contribution in [1.82, 2.24) is 5.32 Å². The molecule has 2 rings (SSSR count). The van der Waals surface area contributed by atoms with Crippen molar-refractivity contribution in [1.29, 1.82) is 0 Å². The molecular formula is C13H17NO3S2. The van der Waals surface area contributed by atoms with Gasteiger partial charge in [0.15, 0.2) is 0 Å². The fourth-order valence-corrected chi connectivity index (χ4v) is 4.27. The van der Waals surface area contributed by atoms with Gasteiger partial charge in [-0.3, -0.25) is 4.79 Å². The zero-order valence-corrected chi connectivity index (χ0v) is 12.4. The molecule has 0 aromatic carbocycles. The second kappa shape index (κ2) is 6.43. The van der Waals surface area contributed by atoms with Gasteiger partial charge >= 0.3 is 5.97 Å². The van der Waals surface area contributed by atoms with Crippen molar-refractivity contribution in [3.8, 4) is 0 Å². The highest BCUT2D eigenvalue weighted by molar-refractivity contribution is 7.99. The highest BCUT2D eigenvalue weighted by atomic mass is 32.2. The molecule has 0 aliphatic heterocycles. The molecule has 1 aromatic rings. The fraction of sp³-hybridized carbons (Fsp3) is 0.538. The van der Waals surface area contributed by atoms with Gasteiger partial charge < -0.3 is 10.4 Å². The van der Waals surface area contributed by atoms with E-state index in [-0.39, 0.29) is 16.8 Å². The molecule has 1 fully saturated rings. The highest BCUT2D eigenvalue weighted by Gasteiger charge is 2.29. The SMILES string of the molecule is CCSC1CCCC1NC(=O)c1ccc(C(=O)O)s1. The first-order valence-electron chi connectivity index (χ1n) is 6.37. The Morgan fingerprint density at radius 3 is 2.79 bits per heavy atom. The van der Waals surface area contributed by atoms with E-state index in [0.717, 1.165) is 36.4 Å². The van der Waals surface area contributed by atoms with Crippen LogP contribution in [0.3, 0.4) is 0 Å². The molecular weight excluding hydrogens is 282 g/mol. The number of carbonyl (C=O) groups excluding carboxylic acids is 1. The number of aromatic carboxylic acids is 1. The maximum Gasteiger partial charge on any atom is 0.345 e. The number of thioether (sulfide) groups is 1. The Morgan fingerprint density at radius 2 is 2.16 bits per heavy atom. The third-order valence-corrected chi connectivity index (χ3v) is 5.59. The van der Waals surface area contributed by atoms with E-state index in [0.29, 0.717) is 10.1 Å². The van der Waals surface area contributed by atoms with Crippen molar-refractivity contribution in [2.75, 3.05) is 5.75 Å². The van der Waals surface area contributed by atoms with Crippen LogP contribution < -0.4 is 5.32 Å². The largest absolute Gasteiger partial charge is 0.477 e. The smallest absolute Gasteiger partial charge is 0.345 e. The average molecular weight is 299 g/mol.